The molecule has 1 fully saturated rings. The van der Waals surface area contributed by atoms with Gasteiger partial charge in [-0.05, 0) is 46.6 Å². The van der Waals surface area contributed by atoms with Crippen LogP contribution in [0.25, 0.3) is 0 Å². The lowest BCUT2D eigenvalue weighted by molar-refractivity contribution is -0.155. The third-order valence-corrected chi connectivity index (χ3v) is 3.87. The average Bonchev–Trinajstić information content (AvgIpc) is 2.81. The molecule has 0 amide bonds. The zero-order chi connectivity index (χ0) is 16.2. The van der Waals surface area contributed by atoms with Gasteiger partial charge in [-0.2, -0.15) is 0 Å². The summed E-state index contributed by atoms with van der Waals surface area (Å²) in [5.74, 6) is -0.0995. The first-order valence-electron chi connectivity index (χ1n) is 8.14. The standard InChI is InChI=1S/C16H28N4O2/c1-16(2,3)22-15(21)9-8-14-7-5-6-10-20(14)12-13-11-19(4)18-17-13/h11,14H,5-10,12H2,1-4H3/t14-/m0/s1. The second kappa shape index (κ2) is 7.22. The first-order chi connectivity index (χ1) is 10.3. The van der Waals surface area contributed by atoms with Crippen molar-refractivity contribution in [1.82, 2.24) is 19.9 Å². The molecule has 6 heteroatoms. The van der Waals surface area contributed by atoms with Gasteiger partial charge < -0.3 is 4.74 Å². The molecule has 0 spiro atoms. The van der Waals surface area contributed by atoms with E-state index in [0.29, 0.717) is 12.5 Å². The van der Waals surface area contributed by atoms with E-state index in [1.54, 1.807) is 4.68 Å². The Morgan fingerprint density at radius 3 is 2.82 bits per heavy atom. The van der Waals surface area contributed by atoms with Crippen LogP contribution in [0.5, 0.6) is 0 Å². The molecule has 0 radical (unpaired) electrons. The van der Waals surface area contributed by atoms with Crippen molar-refractivity contribution in [2.75, 3.05) is 6.54 Å². The van der Waals surface area contributed by atoms with E-state index in [4.69, 9.17) is 4.74 Å². The number of hydrogen-bond donors (Lipinski definition) is 0. The number of carbonyl (C=O) groups is 1. The summed E-state index contributed by atoms with van der Waals surface area (Å²) in [6.45, 7) is 7.60. The van der Waals surface area contributed by atoms with E-state index in [9.17, 15) is 4.79 Å². The quantitative estimate of drug-likeness (QED) is 0.781. The minimum absolute atomic E-state index is 0.0995. The summed E-state index contributed by atoms with van der Waals surface area (Å²) in [5.41, 5.74) is 0.592. The first-order valence-corrected chi connectivity index (χ1v) is 8.14. The van der Waals surface area contributed by atoms with E-state index in [1.165, 1.54) is 12.8 Å². The number of piperidine rings is 1. The fourth-order valence-electron chi connectivity index (χ4n) is 2.95. The highest BCUT2D eigenvalue weighted by molar-refractivity contribution is 5.69. The number of nitrogens with zero attached hydrogens (tertiary/aromatic N) is 4. The van der Waals surface area contributed by atoms with E-state index in [2.05, 4.69) is 15.2 Å². The molecule has 2 rings (SSSR count). The van der Waals surface area contributed by atoms with Crippen LogP contribution in [0, 0.1) is 0 Å². The fourth-order valence-corrected chi connectivity index (χ4v) is 2.95. The number of aromatic nitrogens is 3. The summed E-state index contributed by atoms with van der Waals surface area (Å²) in [7, 11) is 1.88. The van der Waals surface area contributed by atoms with Gasteiger partial charge in [0.1, 0.15) is 5.60 Å². The highest BCUT2D eigenvalue weighted by atomic mass is 16.6. The van der Waals surface area contributed by atoms with Gasteiger partial charge in [-0.25, -0.2) is 0 Å². The minimum Gasteiger partial charge on any atom is -0.460 e. The maximum absolute atomic E-state index is 11.9. The van der Waals surface area contributed by atoms with E-state index in [-0.39, 0.29) is 5.97 Å². The molecule has 1 atom stereocenters. The number of esters is 1. The van der Waals surface area contributed by atoms with Crippen LogP contribution in [-0.2, 0) is 23.1 Å². The molecule has 1 aliphatic heterocycles. The second-order valence-electron chi connectivity index (χ2n) is 7.13. The Bertz CT molecular complexity index is 493. The van der Waals surface area contributed by atoms with Crippen LogP contribution in [0.2, 0.25) is 0 Å². The molecule has 124 valence electrons. The largest absolute Gasteiger partial charge is 0.460 e. The van der Waals surface area contributed by atoms with Crippen molar-refractivity contribution in [2.45, 2.75) is 71.1 Å². The SMILES string of the molecule is Cn1cc(CN2CCCC[C@H]2CCC(=O)OC(C)(C)C)nn1. The second-order valence-corrected chi connectivity index (χ2v) is 7.13. The molecule has 0 unspecified atom stereocenters. The monoisotopic (exact) mass is 308 g/mol. The van der Waals surface area contributed by atoms with Gasteiger partial charge in [0.15, 0.2) is 0 Å². The molecule has 6 nitrogen and oxygen atoms in total. The smallest absolute Gasteiger partial charge is 0.306 e. The highest BCUT2D eigenvalue weighted by Gasteiger charge is 2.25. The van der Waals surface area contributed by atoms with Crippen LogP contribution in [0.1, 0.15) is 58.6 Å². The molecular weight excluding hydrogens is 280 g/mol. The number of likely N-dealkylation sites (tertiary alicyclic amines) is 1. The molecule has 0 aliphatic carbocycles. The maximum Gasteiger partial charge on any atom is 0.306 e. The van der Waals surface area contributed by atoms with Crippen molar-refractivity contribution < 1.29 is 9.53 Å². The van der Waals surface area contributed by atoms with Crippen LogP contribution in [-0.4, -0.2) is 44.1 Å². The zero-order valence-corrected chi connectivity index (χ0v) is 14.2. The van der Waals surface area contributed by atoms with Crippen LogP contribution >= 0.6 is 0 Å². The van der Waals surface area contributed by atoms with E-state index >= 15 is 0 Å². The number of carbonyl (C=O) groups excluding carboxylic acids is 1. The van der Waals surface area contributed by atoms with E-state index in [1.807, 2.05) is 34.0 Å². The van der Waals surface area contributed by atoms with Gasteiger partial charge in [0.25, 0.3) is 0 Å². The Hall–Kier alpha value is -1.43. The van der Waals surface area contributed by atoms with Crippen molar-refractivity contribution in [2.24, 2.45) is 7.05 Å². The number of hydrogen-bond acceptors (Lipinski definition) is 5. The average molecular weight is 308 g/mol. The Kier molecular flexibility index (Phi) is 5.56. The minimum atomic E-state index is -0.400. The van der Waals surface area contributed by atoms with Crippen molar-refractivity contribution >= 4 is 5.97 Å². The summed E-state index contributed by atoms with van der Waals surface area (Å²) < 4.78 is 7.13. The predicted molar refractivity (Wildman–Crippen MR) is 84.1 cm³/mol. The summed E-state index contributed by atoms with van der Waals surface area (Å²) >= 11 is 0. The van der Waals surface area contributed by atoms with Crippen LogP contribution in [0.3, 0.4) is 0 Å². The molecule has 1 saturated heterocycles. The maximum atomic E-state index is 11.9. The molecule has 1 aromatic heterocycles. The molecule has 0 N–H and O–H groups in total. The van der Waals surface area contributed by atoms with Gasteiger partial charge >= 0.3 is 5.97 Å². The van der Waals surface area contributed by atoms with Gasteiger partial charge in [-0.15, -0.1) is 5.10 Å². The molecule has 0 saturated carbocycles. The lowest BCUT2D eigenvalue weighted by Gasteiger charge is -2.35. The van der Waals surface area contributed by atoms with Gasteiger partial charge in [0.05, 0.1) is 5.69 Å². The van der Waals surface area contributed by atoms with Crippen molar-refractivity contribution in [3.8, 4) is 0 Å². The first kappa shape index (κ1) is 16.9. The lowest BCUT2D eigenvalue weighted by Crippen LogP contribution is -2.39. The van der Waals surface area contributed by atoms with Crippen LogP contribution in [0.4, 0.5) is 0 Å². The summed E-state index contributed by atoms with van der Waals surface area (Å²) in [6.07, 6.45) is 6.88. The Balaban J connectivity index is 1.85. The topological polar surface area (TPSA) is 60.2 Å². The van der Waals surface area contributed by atoms with Crippen LogP contribution < -0.4 is 0 Å². The Morgan fingerprint density at radius 2 is 2.18 bits per heavy atom. The van der Waals surface area contributed by atoms with Crippen molar-refractivity contribution in [3.63, 3.8) is 0 Å². The molecular formula is C16H28N4O2. The Labute approximate surface area is 132 Å². The van der Waals surface area contributed by atoms with Gasteiger partial charge in [0.2, 0.25) is 0 Å². The number of ether oxygens (including phenoxy) is 1. The molecule has 1 aromatic rings. The zero-order valence-electron chi connectivity index (χ0n) is 14.2. The molecule has 0 aromatic carbocycles. The highest BCUT2D eigenvalue weighted by Crippen LogP contribution is 2.23. The predicted octanol–water partition coefficient (Wildman–Crippen LogP) is 2.29. The van der Waals surface area contributed by atoms with Crippen LogP contribution in [0.15, 0.2) is 6.20 Å². The molecule has 1 aliphatic rings. The van der Waals surface area contributed by atoms with E-state index in [0.717, 1.165) is 31.6 Å². The summed E-state index contributed by atoms with van der Waals surface area (Å²) in [4.78, 5) is 14.3. The third-order valence-electron chi connectivity index (χ3n) is 3.87. The molecule has 0 bridgehead atoms. The molecule has 22 heavy (non-hydrogen) atoms. The number of aryl methyl sites for hydroxylation is 1. The van der Waals surface area contributed by atoms with E-state index < -0.39 is 5.60 Å². The van der Waals surface area contributed by atoms with Gasteiger partial charge in [-0.1, -0.05) is 11.6 Å². The van der Waals surface area contributed by atoms with Gasteiger partial charge in [-0.3, -0.25) is 14.4 Å². The normalized spacial score (nSPS) is 20.1. The van der Waals surface area contributed by atoms with Crippen molar-refractivity contribution in [1.29, 1.82) is 0 Å². The number of rotatable bonds is 5. The Morgan fingerprint density at radius 1 is 1.41 bits per heavy atom. The van der Waals surface area contributed by atoms with Crippen molar-refractivity contribution in [3.05, 3.63) is 11.9 Å². The lowest BCUT2D eigenvalue weighted by atomic mass is 9.97. The third kappa shape index (κ3) is 5.40. The fraction of sp³-hybridized carbons (Fsp3) is 0.812. The van der Waals surface area contributed by atoms with Gasteiger partial charge in [0, 0.05) is 32.3 Å². The molecule has 2 heterocycles. The summed E-state index contributed by atoms with van der Waals surface area (Å²) in [5, 5.41) is 8.16. The summed E-state index contributed by atoms with van der Waals surface area (Å²) in [6, 6.07) is 0.434.